The van der Waals surface area contributed by atoms with Crippen molar-refractivity contribution in [3.05, 3.63) is 64.7 Å². The largest absolute Gasteiger partial charge is 0.497 e. The lowest BCUT2D eigenvalue weighted by Gasteiger charge is -2.33. The minimum absolute atomic E-state index is 0.126. The molecule has 3 heterocycles. The van der Waals surface area contributed by atoms with Gasteiger partial charge in [0.2, 0.25) is 5.91 Å². The molecule has 6 nitrogen and oxygen atoms in total. The number of rotatable bonds is 5. The van der Waals surface area contributed by atoms with Crippen molar-refractivity contribution >= 4 is 5.91 Å². The summed E-state index contributed by atoms with van der Waals surface area (Å²) in [4.78, 5) is 19.9. The first-order valence-electron chi connectivity index (χ1n) is 11.3. The van der Waals surface area contributed by atoms with Gasteiger partial charge in [0, 0.05) is 36.1 Å². The lowest BCUT2D eigenvalue weighted by Crippen LogP contribution is -2.41. The number of carbonyl (C=O) groups is 1. The molecule has 1 aliphatic heterocycles. The van der Waals surface area contributed by atoms with Gasteiger partial charge in [-0.15, -0.1) is 0 Å². The number of carbonyl (C=O) groups excluding carboxylic acids is 1. The Hall–Kier alpha value is -3.15. The van der Waals surface area contributed by atoms with Crippen LogP contribution in [0.5, 0.6) is 5.75 Å². The van der Waals surface area contributed by atoms with E-state index in [0.717, 1.165) is 64.6 Å². The fraction of sp³-hybridized carbons (Fsp3) is 0.423. The number of aryl methyl sites for hydroxylation is 2. The van der Waals surface area contributed by atoms with Gasteiger partial charge in [-0.1, -0.05) is 12.1 Å². The number of hydrogen-bond acceptors (Lipinski definition) is 4. The molecule has 32 heavy (non-hydrogen) atoms. The number of benzene rings is 1. The van der Waals surface area contributed by atoms with Crippen LogP contribution < -0.4 is 4.74 Å². The second-order valence-corrected chi connectivity index (χ2v) is 8.79. The van der Waals surface area contributed by atoms with Gasteiger partial charge < -0.3 is 9.64 Å². The quantitative estimate of drug-likeness (QED) is 0.591. The van der Waals surface area contributed by atoms with Crippen molar-refractivity contribution in [1.82, 2.24) is 19.7 Å². The number of methoxy groups -OCH3 is 1. The second-order valence-electron chi connectivity index (χ2n) is 8.79. The van der Waals surface area contributed by atoms with Crippen molar-refractivity contribution in [2.45, 2.75) is 53.0 Å². The van der Waals surface area contributed by atoms with Crippen molar-refractivity contribution in [2.75, 3.05) is 20.2 Å². The van der Waals surface area contributed by atoms with E-state index >= 15 is 0 Å². The molecule has 1 fully saturated rings. The number of aromatic nitrogens is 3. The topological polar surface area (TPSA) is 60.2 Å². The number of pyridine rings is 1. The third-order valence-corrected chi connectivity index (χ3v) is 6.60. The maximum atomic E-state index is 13.1. The van der Waals surface area contributed by atoms with Crippen LogP contribution in [0.1, 0.15) is 47.1 Å². The molecule has 1 atom stereocenters. The van der Waals surface area contributed by atoms with Crippen LogP contribution in [0.25, 0.3) is 11.1 Å². The van der Waals surface area contributed by atoms with E-state index in [4.69, 9.17) is 9.72 Å². The molecule has 6 heteroatoms. The number of ether oxygens (including phenoxy) is 1. The minimum atomic E-state index is 0.126. The summed E-state index contributed by atoms with van der Waals surface area (Å²) >= 11 is 0. The maximum absolute atomic E-state index is 13.1. The first kappa shape index (κ1) is 22.1. The molecule has 0 unspecified atom stereocenters. The van der Waals surface area contributed by atoms with E-state index < -0.39 is 0 Å². The molecular formula is C26H32N4O2. The number of likely N-dealkylation sites (tertiary alicyclic amines) is 1. The molecule has 0 spiro atoms. The van der Waals surface area contributed by atoms with E-state index in [-0.39, 0.29) is 11.8 Å². The van der Waals surface area contributed by atoms with Crippen molar-refractivity contribution in [1.29, 1.82) is 0 Å². The Morgan fingerprint density at radius 3 is 2.66 bits per heavy atom. The second kappa shape index (κ2) is 9.15. The van der Waals surface area contributed by atoms with Crippen LogP contribution in [-0.4, -0.2) is 45.8 Å². The summed E-state index contributed by atoms with van der Waals surface area (Å²) in [6.07, 6.45) is 2.02. The van der Waals surface area contributed by atoms with Crippen LogP contribution in [0.4, 0.5) is 0 Å². The first-order chi connectivity index (χ1) is 15.4. The average molecular weight is 433 g/mol. The molecule has 1 aromatic carbocycles. The van der Waals surface area contributed by atoms with Crippen molar-refractivity contribution < 1.29 is 9.53 Å². The third kappa shape index (κ3) is 4.54. The average Bonchev–Trinajstić information content (AvgIpc) is 3.05. The highest BCUT2D eigenvalue weighted by molar-refractivity contribution is 5.76. The molecule has 2 aromatic heterocycles. The number of hydrogen-bond donors (Lipinski definition) is 0. The highest BCUT2D eigenvalue weighted by Crippen LogP contribution is 2.31. The van der Waals surface area contributed by atoms with Crippen LogP contribution >= 0.6 is 0 Å². The smallest absolute Gasteiger partial charge is 0.244 e. The van der Waals surface area contributed by atoms with E-state index in [1.165, 1.54) is 0 Å². The summed E-state index contributed by atoms with van der Waals surface area (Å²) in [5.41, 5.74) is 7.49. The third-order valence-electron chi connectivity index (χ3n) is 6.60. The molecule has 0 radical (unpaired) electrons. The molecule has 0 N–H and O–H groups in total. The lowest BCUT2D eigenvalue weighted by molar-refractivity contribution is -0.133. The van der Waals surface area contributed by atoms with Crippen molar-refractivity contribution in [3.8, 4) is 16.9 Å². The summed E-state index contributed by atoms with van der Waals surface area (Å²) in [6.45, 7) is 9.89. The van der Waals surface area contributed by atoms with Crippen LogP contribution in [0, 0.1) is 27.7 Å². The van der Waals surface area contributed by atoms with Gasteiger partial charge in [0.1, 0.15) is 12.3 Å². The van der Waals surface area contributed by atoms with E-state index in [0.29, 0.717) is 13.1 Å². The molecule has 1 aliphatic rings. The molecular weight excluding hydrogens is 400 g/mol. The maximum Gasteiger partial charge on any atom is 0.244 e. The summed E-state index contributed by atoms with van der Waals surface area (Å²) in [5.74, 6) is 1.20. The van der Waals surface area contributed by atoms with Crippen molar-refractivity contribution in [3.63, 3.8) is 0 Å². The van der Waals surface area contributed by atoms with E-state index in [9.17, 15) is 4.79 Å². The fourth-order valence-corrected chi connectivity index (χ4v) is 4.49. The Morgan fingerprint density at radius 2 is 1.94 bits per heavy atom. The summed E-state index contributed by atoms with van der Waals surface area (Å²) in [6, 6.07) is 12.4. The van der Waals surface area contributed by atoms with Gasteiger partial charge in [0.05, 0.1) is 12.8 Å². The summed E-state index contributed by atoms with van der Waals surface area (Å²) < 4.78 is 7.23. The van der Waals surface area contributed by atoms with Crippen LogP contribution in [0.15, 0.2) is 36.4 Å². The normalized spacial score (nSPS) is 16.3. The zero-order chi connectivity index (χ0) is 22.8. The fourth-order valence-electron chi connectivity index (χ4n) is 4.49. The van der Waals surface area contributed by atoms with E-state index in [1.807, 2.05) is 48.6 Å². The van der Waals surface area contributed by atoms with Gasteiger partial charge in [-0.05, 0) is 81.5 Å². The number of nitrogens with zero attached hydrogens (tertiary/aromatic N) is 4. The standard InChI is InChI=1S/C26H32N4O2/c1-17-12-23(21-8-6-10-24(13-21)32-5)14-25(27-17)22-9-7-11-29(15-22)26(31)16-30-20(4)18(2)19(3)28-30/h6,8,10,12-14,22H,7,9,11,15-16H2,1-5H3/t22-/m0/s1. The molecule has 0 saturated carbocycles. The molecule has 0 bridgehead atoms. The Morgan fingerprint density at radius 1 is 1.12 bits per heavy atom. The van der Waals surface area contributed by atoms with Crippen LogP contribution in [0.3, 0.4) is 0 Å². The van der Waals surface area contributed by atoms with Crippen LogP contribution in [-0.2, 0) is 11.3 Å². The number of piperidine rings is 1. The predicted molar refractivity (Wildman–Crippen MR) is 126 cm³/mol. The molecule has 168 valence electrons. The Bertz CT molecular complexity index is 1130. The van der Waals surface area contributed by atoms with Gasteiger partial charge in [0.15, 0.2) is 0 Å². The van der Waals surface area contributed by atoms with Gasteiger partial charge in [-0.25, -0.2) is 0 Å². The Balaban J connectivity index is 1.53. The molecule has 1 saturated heterocycles. The minimum Gasteiger partial charge on any atom is -0.497 e. The molecule has 1 amide bonds. The van der Waals surface area contributed by atoms with Gasteiger partial charge in [-0.3, -0.25) is 14.5 Å². The van der Waals surface area contributed by atoms with Gasteiger partial charge in [0.25, 0.3) is 0 Å². The molecule has 0 aliphatic carbocycles. The summed E-state index contributed by atoms with van der Waals surface area (Å²) in [7, 11) is 1.68. The molecule has 4 rings (SSSR count). The van der Waals surface area contributed by atoms with E-state index in [1.54, 1.807) is 7.11 Å². The van der Waals surface area contributed by atoms with Gasteiger partial charge >= 0.3 is 0 Å². The monoisotopic (exact) mass is 432 g/mol. The highest BCUT2D eigenvalue weighted by atomic mass is 16.5. The predicted octanol–water partition coefficient (Wildman–Crippen LogP) is 4.59. The SMILES string of the molecule is COc1cccc(-c2cc(C)nc([C@H]3CCCN(C(=O)Cn4nc(C)c(C)c4C)C3)c2)c1. The molecule has 3 aromatic rings. The van der Waals surface area contributed by atoms with E-state index in [2.05, 4.69) is 30.2 Å². The van der Waals surface area contributed by atoms with Gasteiger partial charge in [-0.2, -0.15) is 5.10 Å². The lowest BCUT2D eigenvalue weighted by atomic mass is 9.92. The highest BCUT2D eigenvalue weighted by Gasteiger charge is 2.27. The van der Waals surface area contributed by atoms with Crippen molar-refractivity contribution in [2.24, 2.45) is 0 Å². The zero-order valence-electron chi connectivity index (χ0n) is 19.7. The first-order valence-corrected chi connectivity index (χ1v) is 11.3. The summed E-state index contributed by atoms with van der Waals surface area (Å²) in [5, 5.41) is 4.54. The number of amides is 1. The Labute approximate surface area is 190 Å². The Kier molecular flexibility index (Phi) is 6.31. The zero-order valence-corrected chi connectivity index (χ0v) is 19.7. The van der Waals surface area contributed by atoms with Crippen LogP contribution in [0.2, 0.25) is 0 Å².